The van der Waals surface area contributed by atoms with Crippen LogP contribution in [0.1, 0.15) is 22.4 Å². The van der Waals surface area contributed by atoms with Gasteiger partial charge < -0.3 is 4.74 Å². The second kappa shape index (κ2) is 5.87. The van der Waals surface area contributed by atoms with Crippen LogP contribution >= 0.6 is 11.6 Å². The first-order chi connectivity index (χ1) is 8.69. The number of halogens is 1. The van der Waals surface area contributed by atoms with E-state index in [2.05, 4.69) is 37.0 Å². The molecule has 0 aliphatic rings. The maximum absolute atomic E-state index is 5.72. The van der Waals surface area contributed by atoms with Gasteiger partial charge in [0.1, 0.15) is 12.4 Å². The van der Waals surface area contributed by atoms with Crippen LogP contribution in [0.2, 0.25) is 0 Å². The SMILES string of the molecule is Cc1ccc(C)c(COc2ccc(CCl)nc2)c1. The monoisotopic (exact) mass is 261 g/mol. The molecule has 0 saturated carbocycles. The van der Waals surface area contributed by atoms with E-state index in [1.807, 2.05) is 12.1 Å². The molecule has 94 valence electrons. The third kappa shape index (κ3) is 3.23. The lowest BCUT2D eigenvalue weighted by molar-refractivity contribution is 0.304. The van der Waals surface area contributed by atoms with Crippen LogP contribution in [-0.2, 0) is 12.5 Å². The van der Waals surface area contributed by atoms with Gasteiger partial charge in [0.15, 0.2) is 0 Å². The molecule has 0 bridgehead atoms. The molecule has 2 aromatic rings. The Labute approximate surface area is 113 Å². The van der Waals surface area contributed by atoms with Gasteiger partial charge in [0.05, 0.1) is 17.8 Å². The molecule has 0 aliphatic carbocycles. The van der Waals surface area contributed by atoms with Crippen LogP contribution in [0.5, 0.6) is 5.75 Å². The van der Waals surface area contributed by atoms with Gasteiger partial charge in [-0.25, -0.2) is 0 Å². The zero-order valence-corrected chi connectivity index (χ0v) is 11.4. The Kier molecular flexibility index (Phi) is 4.21. The van der Waals surface area contributed by atoms with Crippen molar-refractivity contribution in [2.24, 2.45) is 0 Å². The van der Waals surface area contributed by atoms with Crippen molar-refractivity contribution in [1.29, 1.82) is 0 Å². The van der Waals surface area contributed by atoms with Crippen LogP contribution in [0.15, 0.2) is 36.5 Å². The molecule has 0 saturated heterocycles. The van der Waals surface area contributed by atoms with Gasteiger partial charge in [0.2, 0.25) is 0 Å². The summed E-state index contributed by atoms with van der Waals surface area (Å²) in [7, 11) is 0. The van der Waals surface area contributed by atoms with Gasteiger partial charge in [-0.3, -0.25) is 4.98 Å². The Balaban J connectivity index is 2.04. The molecule has 2 rings (SSSR count). The van der Waals surface area contributed by atoms with Crippen molar-refractivity contribution >= 4 is 11.6 Å². The standard InChI is InChI=1S/C15H16ClNO/c1-11-3-4-12(2)13(7-11)10-18-15-6-5-14(8-16)17-9-15/h3-7,9H,8,10H2,1-2H3. The average molecular weight is 262 g/mol. The third-order valence-electron chi connectivity index (χ3n) is 2.83. The van der Waals surface area contributed by atoms with Crippen LogP contribution in [-0.4, -0.2) is 4.98 Å². The molecule has 0 amide bonds. The number of hydrogen-bond acceptors (Lipinski definition) is 2. The molecule has 0 spiro atoms. The molecule has 0 atom stereocenters. The molecule has 0 aliphatic heterocycles. The third-order valence-corrected chi connectivity index (χ3v) is 3.11. The second-order valence-corrected chi connectivity index (χ2v) is 4.60. The van der Waals surface area contributed by atoms with E-state index < -0.39 is 0 Å². The van der Waals surface area contributed by atoms with Gasteiger partial charge in [-0.05, 0) is 37.1 Å². The average Bonchev–Trinajstić information content (AvgIpc) is 2.40. The number of rotatable bonds is 4. The van der Waals surface area contributed by atoms with Crippen molar-refractivity contribution in [3.05, 3.63) is 58.9 Å². The smallest absolute Gasteiger partial charge is 0.138 e. The van der Waals surface area contributed by atoms with Crippen molar-refractivity contribution in [1.82, 2.24) is 4.98 Å². The van der Waals surface area contributed by atoms with Gasteiger partial charge in [-0.1, -0.05) is 23.8 Å². The lowest BCUT2D eigenvalue weighted by atomic mass is 10.1. The fourth-order valence-corrected chi connectivity index (χ4v) is 1.85. The quantitative estimate of drug-likeness (QED) is 0.776. The Morgan fingerprint density at radius 2 is 2.00 bits per heavy atom. The first-order valence-corrected chi connectivity index (χ1v) is 6.42. The first-order valence-electron chi connectivity index (χ1n) is 5.89. The minimum atomic E-state index is 0.428. The number of nitrogens with zero attached hydrogens (tertiary/aromatic N) is 1. The molecule has 0 radical (unpaired) electrons. The van der Waals surface area contributed by atoms with Gasteiger partial charge in [0, 0.05) is 0 Å². The van der Waals surface area contributed by atoms with Crippen LogP contribution < -0.4 is 4.74 Å². The van der Waals surface area contributed by atoms with Crippen LogP contribution in [0.25, 0.3) is 0 Å². The molecule has 1 aromatic carbocycles. The maximum Gasteiger partial charge on any atom is 0.138 e. The Bertz CT molecular complexity index is 523. The van der Waals surface area contributed by atoms with Gasteiger partial charge >= 0.3 is 0 Å². The highest BCUT2D eigenvalue weighted by atomic mass is 35.5. The molecule has 3 heteroatoms. The number of ether oxygens (including phenoxy) is 1. The zero-order valence-electron chi connectivity index (χ0n) is 10.6. The van der Waals surface area contributed by atoms with Crippen LogP contribution in [0, 0.1) is 13.8 Å². The molecule has 2 nitrogen and oxygen atoms in total. The van der Waals surface area contributed by atoms with Gasteiger partial charge in [-0.15, -0.1) is 11.6 Å². The van der Waals surface area contributed by atoms with E-state index in [1.165, 1.54) is 16.7 Å². The molecule has 1 aromatic heterocycles. The Morgan fingerprint density at radius 3 is 2.67 bits per heavy atom. The van der Waals surface area contributed by atoms with E-state index in [0.29, 0.717) is 12.5 Å². The largest absolute Gasteiger partial charge is 0.487 e. The van der Waals surface area contributed by atoms with Crippen LogP contribution in [0.4, 0.5) is 0 Å². The molecule has 0 fully saturated rings. The van der Waals surface area contributed by atoms with Crippen molar-refractivity contribution in [2.75, 3.05) is 0 Å². The van der Waals surface area contributed by atoms with E-state index in [0.717, 1.165) is 11.4 Å². The second-order valence-electron chi connectivity index (χ2n) is 4.34. The summed E-state index contributed by atoms with van der Waals surface area (Å²) in [5.74, 6) is 1.20. The number of pyridine rings is 1. The molecule has 1 heterocycles. The highest BCUT2D eigenvalue weighted by molar-refractivity contribution is 6.16. The molecular weight excluding hydrogens is 246 g/mol. The zero-order chi connectivity index (χ0) is 13.0. The summed E-state index contributed by atoms with van der Waals surface area (Å²) in [5, 5.41) is 0. The van der Waals surface area contributed by atoms with Crippen molar-refractivity contribution in [2.45, 2.75) is 26.3 Å². The Morgan fingerprint density at radius 1 is 1.17 bits per heavy atom. The predicted molar refractivity (Wildman–Crippen MR) is 74.0 cm³/mol. The van der Waals surface area contributed by atoms with E-state index in [-0.39, 0.29) is 0 Å². The van der Waals surface area contributed by atoms with Crippen molar-refractivity contribution in [3.8, 4) is 5.75 Å². The van der Waals surface area contributed by atoms with E-state index in [4.69, 9.17) is 16.3 Å². The number of benzene rings is 1. The summed E-state index contributed by atoms with van der Waals surface area (Å²) in [4.78, 5) is 4.19. The number of aryl methyl sites for hydroxylation is 2. The summed E-state index contributed by atoms with van der Waals surface area (Å²) in [5.41, 5.74) is 4.55. The van der Waals surface area contributed by atoms with Gasteiger partial charge in [-0.2, -0.15) is 0 Å². The summed E-state index contributed by atoms with van der Waals surface area (Å²) in [6, 6.07) is 10.1. The highest BCUT2D eigenvalue weighted by Crippen LogP contribution is 2.16. The summed E-state index contributed by atoms with van der Waals surface area (Å²) in [6.07, 6.45) is 1.71. The fraction of sp³-hybridized carbons (Fsp3) is 0.267. The molecule has 18 heavy (non-hydrogen) atoms. The lowest BCUT2D eigenvalue weighted by Crippen LogP contribution is -1.99. The number of hydrogen-bond donors (Lipinski definition) is 0. The first kappa shape index (κ1) is 12.9. The normalized spacial score (nSPS) is 10.4. The fourth-order valence-electron chi connectivity index (χ4n) is 1.69. The van der Waals surface area contributed by atoms with Crippen molar-refractivity contribution in [3.63, 3.8) is 0 Å². The predicted octanol–water partition coefficient (Wildman–Crippen LogP) is 4.02. The maximum atomic E-state index is 5.72. The number of aromatic nitrogens is 1. The summed E-state index contributed by atoms with van der Waals surface area (Å²) in [6.45, 7) is 4.74. The lowest BCUT2D eigenvalue weighted by Gasteiger charge is -2.09. The van der Waals surface area contributed by atoms with Gasteiger partial charge in [0.25, 0.3) is 0 Å². The van der Waals surface area contributed by atoms with Crippen LogP contribution in [0.3, 0.4) is 0 Å². The minimum Gasteiger partial charge on any atom is -0.487 e. The summed E-state index contributed by atoms with van der Waals surface area (Å²) >= 11 is 5.69. The van der Waals surface area contributed by atoms with E-state index >= 15 is 0 Å². The Hall–Kier alpha value is -1.54. The molecule has 0 unspecified atom stereocenters. The molecular formula is C15H16ClNO. The minimum absolute atomic E-state index is 0.428. The molecule has 0 N–H and O–H groups in total. The number of alkyl halides is 1. The summed E-state index contributed by atoms with van der Waals surface area (Å²) < 4.78 is 5.72. The van der Waals surface area contributed by atoms with E-state index in [9.17, 15) is 0 Å². The highest BCUT2D eigenvalue weighted by Gasteiger charge is 2.01. The van der Waals surface area contributed by atoms with E-state index in [1.54, 1.807) is 6.20 Å². The van der Waals surface area contributed by atoms with Crippen molar-refractivity contribution < 1.29 is 4.74 Å². The topological polar surface area (TPSA) is 22.1 Å².